The monoisotopic (exact) mass is 433 g/mol. The largest absolute Gasteiger partial charge is 0.497 e. The minimum Gasteiger partial charge on any atom is -0.497 e. The molecule has 3 aromatic rings. The molecule has 3 rings (SSSR count). The highest BCUT2D eigenvalue weighted by molar-refractivity contribution is 9.10. The fraction of sp³-hybridized carbons (Fsp3) is 0.111. The first-order valence-electron chi connectivity index (χ1n) is 7.69. The highest BCUT2D eigenvalue weighted by atomic mass is 79.9. The van der Waals surface area contributed by atoms with Gasteiger partial charge in [-0.1, -0.05) is 22.0 Å². The van der Waals surface area contributed by atoms with Crippen LogP contribution in [-0.4, -0.2) is 25.5 Å². The van der Waals surface area contributed by atoms with Gasteiger partial charge in [0.1, 0.15) is 5.75 Å². The highest BCUT2D eigenvalue weighted by Crippen LogP contribution is 2.22. The van der Waals surface area contributed by atoms with Crippen molar-refractivity contribution in [2.75, 3.05) is 7.11 Å². The Labute approximate surface area is 160 Å². The third kappa shape index (κ3) is 4.46. The Hall–Kier alpha value is -2.29. The Morgan fingerprint density at radius 3 is 2.50 bits per heavy atom. The second-order valence-corrected chi connectivity index (χ2v) is 8.06. The quantitative estimate of drug-likeness (QED) is 0.643. The Morgan fingerprint density at radius 1 is 1.08 bits per heavy atom. The molecule has 0 fully saturated rings. The second kappa shape index (κ2) is 7.94. The molecule has 0 spiro atoms. The maximum absolute atomic E-state index is 12.4. The predicted octanol–water partition coefficient (Wildman–Crippen LogP) is 3.39. The van der Waals surface area contributed by atoms with Crippen LogP contribution in [-0.2, 0) is 16.6 Å². The summed E-state index contributed by atoms with van der Waals surface area (Å²) in [7, 11) is -2.09. The molecule has 26 heavy (non-hydrogen) atoms. The topological polar surface area (TPSA) is 81.2 Å². The Kier molecular flexibility index (Phi) is 5.65. The van der Waals surface area contributed by atoms with Gasteiger partial charge in [-0.25, -0.2) is 18.1 Å². The lowest BCUT2D eigenvalue weighted by molar-refractivity contribution is 0.413. The van der Waals surface area contributed by atoms with Crippen LogP contribution in [0, 0.1) is 0 Å². The number of aromatic nitrogens is 2. The molecule has 0 saturated carbocycles. The van der Waals surface area contributed by atoms with Crippen LogP contribution in [0.2, 0.25) is 0 Å². The second-order valence-electron chi connectivity index (χ2n) is 5.38. The van der Waals surface area contributed by atoms with Crippen molar-refractivity contribution in [3.8, 4) is 17.1 Å². The molecule has 134 valence electrons. The van der Waals surface area contributed by atoms with E-state index in [1.807, 2.05) is 18.2 Å². The van der Waals surface area contributed by atoms with Gasteiger partial charge in [0.25, 0.3) is 0 Å². The molecule has 0 aliphatic carbocycles. The fourth-order valence-corrected chi connectivity index (χ4v) is 3.54. The van der Waals surface area contributed by atoms with Gasteiger partial charge in [0.15, 0.2) is 0 Å². The van der Waals surface area contributed by atoms with Crippen LogP contribution in [0.3, 0.4) is 0 Å². The average Bonchev–Trinajstić information content (AvgIpc) is 2.67. The number of halogens is 1. The fourth-order valence-electron chi connectivity index (χ4n) is 2.28. The molecule has 2 aromatic heterocycles. The molecule has 8 heteroatoms. The van der Waals surface area contributed by atoms with Crippen molar-refractivity contribution in [1.29, 1.82) is 0 Å². The Morgan fingerprint density at radius 2 is 1.85 bits per heavy atom. The summed E-state index contributed by atoms with van der Waals surface area (Å²) < 4.78 is 33.5. The number of nitrogens with zero attached hydrogens (tertiary/aromatic N) is 2. The van der Waals surface area contributed by atoms with Crippen molar-refractivity contribution < 1.29 is 13.2 Å². The molecule has 0 aliphatic rings. The number of hydrogen-bond acceptors (Lipinski definition) is 5. The van der Waals surface area contributed by atoms with E-state index in [-0.39, 0.29) is 11.4 Å². The van der Waals surface area contributed by atoms with Crippen LogP contribution in [0.15, 0.2) is 70.2 Å². The zero-order chi connectivity index (χ0) is 18.6. The van der Waals surface area contributed by atoms with Gasteiger partial charge in [-0.2, -0.15) is 0 Å². The molecule has 2 heterocycles. The Balaban J connectivity index is 1.84. The Bertz CT molecular complexity index is 994. The normalized spacial score (nSPS) is 11.3. The summed E-state index contributed by atoms with van der Waals surface area (Å²) in [5.74, 6) is 0.582. The van der Waals surface area contributed by atoms with Crippen molar-refractivity contribution in [3.05, 3.63) is 71.0 Å². The van der Waals surface area contributed by atoms with E-state index in [1.165, 1.54) is 12.1 Å². The van der Waals surface area contributed by atoms with Gasteiger partial charge < -0.3 is 4.74 Å². The van der Waals surface area contributed by atoms with Gasteiger partial charge in [-0.05, 0) is 36.4 Å². The average molecular weight is 434 g/mol. The van der Waals surface area contributed by atoms with Gasteiger partial charge in [-0.3, -0.25) is 4.98 Å². The molecule has 1 aromatic carbocycles. The molecule has 0 saturated heterocycles. The van der Waals surface area contributed by atoms with Gasteiger partial charge in [-0.15, -0.1) is 0 Å². The van der Waals surface area contributed by atoms with Gasteiger partial charge in [0.2, 0.25) is 10.0 Å². The smallest absolute Gasteiger partial charge is 0.240 e. The highest BCUT2D eigenvalue weighted by Gasteiger charge is 2.15. The maximum atomic E-state index is 12.4. The zero-order valence-corrected chi connectivity index (χ0v) is 16.3. The summed E-state index contributed by atoms with van der Waals surface area (Å²) in [6, 6.07) is 15.4. The SMILES string of the molecule is COc1cc(CNS(=O)(=O)c2ccc(Br)cc2)nc(-c2ccccn2)c1. The molecule has 0 amide bonds. The van der Waals surface area contributed by atoms with E-state index >= 15 is 0 Å². The van der Waals surface area contributed by atoms with E-state index < -0.39 is 10.0 Å². The van der Waals surface area contributed by atoms with Crippen molar-refractivity contribution in [2.24, 2.45) is 0 Å². The summed E-state index contributed by atoms with van der Waals surface area (Å²) in [6.45, 7) is 0.0371. The van der Waals surface area contributed by atoms with Gasteiger partial charge in [0, 0.05) is 22.8 Å². The van der Waals surface area contributed by atoms with Gasteiger partial charge in [0.05, 0.1) is 35.6 Å². The maximum Gasteiger partial charge on any atom is 0.240 e. The number of pyridine rings is 2. The molecular weight excluding hydrogens is 418 g/mol. The summed E-state index contributed by atoms with van der Waals surface area (Å²) >= 11 is 3.29. The summed E-state index contributed by atoms with van der Waals surface area (Å²) in [5.41, 5.74) is 1.83. The number of sulfonamides is 1. The first-order chi connectivity index (χ1) is 12.5. The lowest BCUT2D eigenvalue weighted by atomic mass is 10.2. The third-order valence-corrected chi connectivity index (χ3v) is 5.53. The predicted molar refractivity (Wildman–Crippen MR) is 102 cm³/mol. The van der Waals surface area contributed by atoms with E-state index in [0.29, 0.717) is 22.8 Å². The van der Waals surface area contributed by atoms with Gasteiger partial charge >= 0.3 is 0 Å². The molecule has 6 nitrogen and oxygen atoms in total. The molecule has 0 bridgehead atoms. The molecule has 1 N–H and O–H groups in total. The van der Waals surface area contributed by atoms with Crippen LogP contribution < -0.4 is 9.46 Å². The molecule has 0 atom stereocenters. The zero-order valence-electron chi connectivity index (χ0n) is 13.9. The van der Waals surface area contributed by atoms with Crippen molar-refractivity contribution in [3.63, 3.8) is 0 Å². The molecule has 0 aliphatic heterocycles. The van der Waals surface area contributed by atoms with Crippen molar-refractivity contribution in [1.82, 2.24) is 14.7 Å². The van der Waals surface area contributed by atoms with E-state index in [9.17, 15) is 8.42 Å². The van der Waals surface area contributed by atoms with Crippen LogP contribution in [0.4, 0.5) is 0 Å². The lowest BCUT2D eigenvalue weighted by Gasteiger charge is -2.10. The first kappa shape index (κ1) is 18.5. The standard InChI is InChI=1S/C18H16BrN3O3S/c1-25-15-10-14(22-18(11-15)17-4-2-3-9-20-17)12-21-26(23,24)16-7-5-13(19)6-8-16/h2-11,21H,12H2,1H3. The number of nitrogens with one attached hydrogen (secondary N) is 1. The number of rotatable bonds is 6. The summed E-state index contributed by atoms with van der Waals surface area (Å²) in [5, 5.41) is 0. The number of benzene rings is 1. The van der Waals surface area contributed by atoms with Crippen LogP contribution in [0.5, 0.6) is 5.75 Å². The van der Waals surface area contributed by atoms with Crippen LogP contribution in [0.1, 0.15) is 5.69 Å². The summed E-state index contributed by atoms with van der Waals surface area (Å²) in [6.07, 6.45) is 1.67. The molecule has 0 unspecified atom stereocenters. The molecular formula is C18H16BrN3O3S. The lowest BCUT2D eigenvalue weighted by Crippen LogP contribution is -2.23. The number of hydrogen-bond donors (Lipinski definition) is 1. The minimum absolute atomic E-state index is 0.0371. The van der Waals surface area contributed by atoms with Crippen LogP contribution in [0.25, 0.3) is 11.4 Å². The van der Waals surface area contributed by atoms with Crippen molar-refractivity contribution >= 4 is 26.0 Å². The van der Waals surface area contributed by atoms with Crippen LogP contribution >= 0.6 is 15.9 Å². The van der Waals surface area contributed by atoms with E-state index in [1.54, 1.807) is 37.6 Å². The minimum atomic E-state index is -3.64. The molecule has 0 radical (unpaired) electrons. The van der Waals surface area contributed by atoms with E-state index in [0.717, 1.165) is 4.47 Å². The number of methoxy groups -OCH3 is 1. The van der Waals surface area contributed by atoms with E-state index in [4.69, 9.17) is 4.74 Å². The summed E-state index contributed by atoms with van der Waals surface area (Å²) in [4.78, 5) is 8.94. The third-order valence-electron chi connectivity index (χ3n) is 3.58. The van der Waals surface area contributed by atoms with E-state index in [2.05, 4.69) is 30.6 Å². The van der Waals surface area contributed by atoms with Crippen molar-refractivity contribution in [2.45, 2.75) is 11.4 Å². The first-order valence-corrected chi connectivity index (χ1v) is 9.97. The number of ether oxygens (including phenoxy) is 1.